The van der Waals surface area contributed by atoms with Crippen LogP contribution in [0.15, 0.2) is 0 Å². The van der Waals surface area contributed by atoms with E-state index in [-0.39, 0.29) is 0 Å². The number of likely N-dealkylation sites (N-methyl/N-ethyl adjacent to an activating group) is 1. The van der Waals surface area contributed by atoms with E-state index in [2.05, 4.69) is 31.1 Å². The van der Waals surface area contributed by atoms with Crippen molar-refractivity contribution in [2.75, 3.05) is 20.6 Å². The monoisotopic (exact) mass is 244 g/mol. The van der Waals surface area contributed by atoms with Crippen molar-refractivity contribution in [3.63, 3.8) is 0 Å². The molecule has 4 nitrogen and oxygen atoms in total. The molecule has 0 saturated heterocycles. The first-order valence-corrected chi connectivity index (χ1v) is 6.50. The Labute approximate surface area is 105 Å². The zero-order valence-electron chi connectivity index (χ0n) is 11.9. The number of rotatable bonds is 9. The smallest absolute Gasteiger partial charge is 0.323 e. The normalized spacial score (nSPS) is 16.8. The minimum atomic E-state index is -0.797. The van der Waals surface area contributed by atoms with E-state index in [4.69, 9.17) is 5.11 Å². The largest absolute Gasteiger partial charge is 0.480 e. The van der Waals surface area contributed by atoms with Crippen molar-refractivity contribution >= 4 is 5.97 Å². The van der Waals surface area contributed by atoms with Crippen LogP contribution in [-0.2, 0) is 4.79 Å². The molecule has 0 bridgehead atoms. The maximum absolute atomic E-state index is 11.1. The SMILES string of the molecule is CCCC(C)N(C)CCCC(C)(NC)C(=O)O. The highest BCUT2D eigenvalue weighted by molar-refractivity contribution is 5.78. The topological polar surface area (TPSA) is 52.6 Å². The molecule has 0 aromatic carbocycles. The number of nitrogens with zero attached hydrogens (tertiary/aromatic N) is 1. The number of hydrogen-bond acceptors (Lipinski definition) is 3. The average Bonchev–Trinajstić information content (AvgIpc) is 2.28. The second-order valence-electron chi connectivity index (χ2n) is 5.11. The van der Waals surface area contributed by atoms with Gasteiger partial charge in [0.2, 0.25) is 0 Å². The Balaban J connectivity index is 4.01. The Morgan fingerprint density at radius 3 is 2.53 bits per heavy atom. The van der Waals surface area contributed by atoms with E-state index in [0.29, 0.717) is 12.5 Å². The minimum Gasteiger partial charge on any atom is -0.480 e. The molecule has 0 fully saturated rings. The lowest BCUT2D eigenvalue weighted by Gasteiger charge is -2.28. The van der Waals surface area contributed by atoms with Gasteiger partial charge >= 0.3 is 5.97 Å². The first kappa shape index (κ1) is 16.4. The lowest BCUT2D eigenvalue weighted by atomic mass is 9.96. The van der Waals surface area contributed by atoms with Crippen molar-refractivity contribution in [3.8, 4) is 0 Å². The lowest BCUT2D eigenvalue weighted by Crippen LogP contribution is -2.48. The zero-order chi connectivity index (χ0) is 13.5. The molecule has 0 aliphatic rings. The molecule has 0 aliphatic heterocycles. The number of carboxylic acids is 1. The molecule has 0 saturated carbocycles. The first-order valence-electron chi connectivity index (χ1n) is 6.50. The van der Waals surface area contributed by atoms with E-state index in [0.717, 1.165) is 13.0 Å². The van der Waals surface area contributed by atoms with Crippen LogP contribution >= 0.6 is 0 Å². The van der Waals surface area contributed by atoms with Gasteiger partial charge in [0.15, 0.2) is 0 Å². The highest BCUT2D eigenvalue weighted by Crippen LogP contribution is 2.13. The van der Waals surface area contributed by atoms with Crippen LogP contribution in [-0.4, -0.2) is 48.2 Å². The molecule has 4 heteroatoms. The summed E-state index contributed by atoms with van der Waals surface area (Å²) in [5.74, 6) is -0.774. The molecule has 0 heterocycles. The van der Waals surface area contributed by atoms with Crippen LogP contribution in [0.3, 0.4) is 0 Å². The van der Waals surface area contributed by atoms with Gasteiger partial charge in [0, 0.05) is 6.04 Å². The van der Waals surface area contributed by atoms with Gasteiger partial charge < -0.3 is 15.3 Å². The first-order chi connectivity index (χ1) is 7.87. The molecule has 2 N–H and O–H groups in total. The third kappa shape index (κ3) is 5.50. The van der Waals surface area contributed by atoms with Gasteiger partial charge in [-0.3, -0.25) is 4.79 Å². The molecule has 2 unspecified atom stereocenters. The number of carboxylic acid groups (broad SMARTS) is 1. The molecule has 0 rings (SSSR count). The van der Waals surface area contributed by atoms with Crippen LogP contribution in [0.4, 0.5) is 0 Å². The molecule has 0 radical (unpaired) electrons. The predicted molar refractivity (Wildman–Crippen MR) is 71.3 cm³/mol. The van der Waals surface area contributed by atoms with Crippen molar-refractivity contribution in [1.29, 1.82) is 0 Å². The van der Waals surface area contributed by atoms with Crippen LogP contribution in [0.5, 0.6) is 0 Å². The summed E-state index contributed by atoms with van der Waals surface area (Å²) >= 11 is 0. The predicted octanol–water partition coefficient (Wildman–Crippen LogP) is 1.95. The summed E-state index contributed by atoms with van der Waals surface area (Å²) in [6.07, 6.45) is 3.93. The van der Waals surface area contributed by atoms with E-state index in [1.807, 2.05) is 0 Å². The third-order valence-electron chi connectivity index (χ3n) is 3.67. The molecule has 0 aliphatic carbocycles. The van der Waals surface area contributed by atoms with E-state index in [1.54, 1.807) is 14.0 Å². The van der Waals surface area contributed by atoms with Crippen LogP contribution < -0.4 is 5.32 Å². The third-order valence-corrected chi connectivity index (χ3v) is 3.67. The van der Waals surface area contributed by atoms with E-state index < -0.39 is 11.5 Å². The van der Waals surface area contributed by atoms with Gasteiger partial charge in [0.25, 0.3) is 0 Å². The summed E-state index contributed by atoms with van der Waals surface area (Å²) in [6.45, 7) is 7.10. The van der Waals surface area contributed by atoms with Crippen LogP contribution in [0, 0.1) is 0 Å². The Morgan fingerprint density at radius 1 is 1.53 bits per heavy atom. The van der Waals surface area contributed by atoms with Crippen molar-refractivity contribution < 1.29 is 9.90 Å². The van der Waals surface area contributed by atoms with Gasteiger partial charge in [-0.1, -0.05) is 13.3 Å². The summed E-state index contributed by atoms with van der Waals surface area (Å²) in [6, 6.07) is 0.575. The van der Waals surface area contributed by atoms with Crippen molar-refractivity contribution in [3.05, 3.63) is 0 Å². The van der Waals surface area contributed by atoms with Crippen molar-refractivity contribution in [2.45, 2.75) is 58.0 Å². The fourth-order valence-corrected chi connectivity index (χ4v) is 1.88. The summed E-state index contributed by atoms with van der Waals surface area (Å²) in [5.41, 5.74) is -0.797. The highest BCUT2D eigenvalue weighted by atomic mass is 16.4. The standard InChI is InChI=1S/C13H28N2O2/c1-6-8-11(2)15(5)10-7-9-13(3,14-4)12(16)17/h11,14H,6-10H2,1-5H3,(H,16,17). The van der Waals surface area contributed by atoms with E-state index in [9.17, 15) is 4.79 Å². The van der Waals surface area contributed by atoms with Gasteiger partial charge in [0.1, 0.15) is 5.54 Å². The quantitative estimate of drug-likeness (QED) is 0.651. The lowest BCUT2D eigenvalue weighted by molar-refractivity contribution is -0.144. The van der Waals surface area contributed by atoms with E-state index >= 15 is 0 Å². The highest BCUT2D eigenvalue weighted by Gasteiger charge is 2.30. The van der Waals surface area contributed by atoms with Crippen LogP contribution in [0.1, 0.15) is 46.5 Å². The Morgan fingerprint density at radius 2 is 2.12 bits per heavy atom. The Bertz CT molecular complexity index is 233. The molecule has 0 amide bonds. The number of carbonyl (C=O) groups is 1. The van der Waals surface area contributed by atoms with Crippen LogP contribution in [0.2, 0.25) is 0 Å². The average molecular weight is 244 g/mol. The van der Waals surface area contributed by atoms with Crippen molar-refractivity contribution in [1.82, 2.24) is 10.2 Å². The van der Waals surface area contributed by atoms with E-state index in [1.165, 1.54) is 12.8 Å². The van der Waals surface area contributed by atoms with Crippen molar-refractivity contribution in [2.24, 2.45) is 0 Å². The fourth-order valence-electron chi connectivity index (χ4n) is 1.88. The summed E-state index contributed by atoms with van der Waals surface area (Å²) in [4.78, 5) is 13.4. The maximum Gasteiger partial charge on any atom is 0.323 e. The summed E-state index contributed by atoms with van der Waals surface area (Å²) in [5, 5.41) is 12.0. The second-order valence-corrected chi connectivity index (χ2v) is 5.11. The van der Waals surface area contributed by atoms with Gasteiger partial charge in [-0.25, -0.2) is 0 Å². The van der Waals surface area contributed by atoms with Gasteiger partial charge in [-0.15, -0.1) is 0 Å². The Hall–Kier alpha value is -0.610. The molecule has 17 heavy (non-hydrogen) atoms. The number of nitrogens with one attached hydrogen (secondary N) is 1. The molecule has 2 atom stereocenters. The minimum absolute atomic E-state index is 0.575. The van der Waals surface area contributed by atoms with Gasteiger partial charge in [-0.2, -0.15) is 0 Å². The Kier molecular flexibility index (Phi) is 7.39. The van der Waals surface area contributed by atoms with Gasteiger partial charge in [-0.05, 0) is 53.8 Å². The molecule has 0 spiro atoms. The molecular formula is C13H28N2O2. The maximum atomic E-state index is 11.1. The summed E-state index contributed by atoms with van der Waals surface area (Å²) in [7, 11) is 3.81. The van der Waals surface area contributed by atoms with Crippen LogP contribution in [0.25, 0.3) is 0 Å². The van der Waals surface area contributed by atoms with Gasteiger partial charge in [0.05, 0.1) is 0 Å². The zero-order valence-corrected chi connectivity index (χ0v) is 11.9. The fraction of sp³-hybridized carbons (Fsp3) is 0.923. The molecule has 0 aromatic heterocycles. The molecular weight excluding hydrogens is 216 g/mol. The number of aliphatic carboxylic acids is 1. The molecule has 102 valence electrons. The number of hydrogen-bond donors (Lipinski definition) is 2. The second kappa shape index (κ2) is 7.67. The molecule has 0 aromatic rings. The summed E-state index contributed by atoms with van der Waals surface area (Å²) < 4.78 is 0.